The van der Waals surface area contributed by atoms with Crippen molar-refractivity contribution >= 4 is 5.97 Å². The van der Waals surface area contributed by atoms with Crippen LogP contribution in [0.3, 0.4) is 0 Å². The number of aliphatic carboxylic acids is 1. The third-order valence-electron chi connectivity index (χ3n) is 4.51. The molecule has 3 atom stereocenters. The van der Waals surface area contributed by atoms with Crippen LogP contribution in [0.4, 0.5) is 13.2 Å². The molecule has 2 fully saturated rings. The molecule has 3 nitrogen and oxygen atoms in total. The van der Waals surface area contributed by atoms with Gasteiger partial charge >= 0.3 is 12.1 Å². The third-order valence-corrected chi connectivity index (χ3v) is 4.51. The minimum absolute atomic E-state index is 0.321. The number of carboxylic acid groups (broad SMARTS) is 1. The first-order valence-corrected chi connectivity index (χ1v) is 6.90. The Morgan fingerprint density at radius 3 is 2.42 bits per heavy atom. The number of carboxylic acids is 1. The number of rotatable bonds is 3. The van der Waals surface area contributed by atoms with Crippen LogP contribution in [0.1, 0.15) is 38.5 Å². The van der Waals surface area contributed by atoms with E-state index in [4.69, 9.17) is 5.11 Å². The second-order valence-corrected chi connectivity index (χ2v) is 5.74. The molecule has 0 aromatic carbocycles. The highest BCUT2D eigenvalue weighted by molar-refractivity contribution is 5.67. The van der Waals surface area contributed by atoms with Crippen LogP contribution < -0.4 is 0 Å². The lowest BCUT2D eigenvalue weighted by Crippen LogP contribution is -2.53. The van der Waals surface area contributed by atoms with E-state index in [9.17, 15) is 18.0 Å². The summed E-state index contributed by atoms with van der Waals surface area (Å²) in [6.07, 6.45) is -0.159. The molecule has 0 aromatic heterocycles. The number of likely N-dealkylation sites (tertiary alicyclic amines) is 1. The van der Waals surface area contributed by atoms with E-state index < -0.39 is 24.6 Å². The molecule has 1 saturated carbocycles. The van der Waals surface area contributed by atoms with E-state index in [-0.39, 0.29) is 0 Å². The molecule has 2 aliphatic rings. The van der Waals surface area contributed by atoms with Crippen molar-refractivity contribution in [1.29, 1.82) is 0 Å². The molecule has 1 N–H and O–H groups in total. The van der Waals surface area contributed by atoms with E-state index in [1.165, 1.54) is 11.3 Å². The monoisotopic (exact) mass is 279 g/mol. The molecule has 1 aliphatic heterocycles. The number of alkyl halides is 3. The Bertz CT molecular complexity index is 332. The number of hydrogen-bond donors (Lipinski definition) is 1. The quantitative estimate of drug-likeness (QED) is 0.863. The van der Waals surface area contributed by atoms with Gasteiger partial charge in [0.25, 0.3) is 0 Å². The maximum atomic E-state index is 13.0. The van der Waals surface area contributed by atoms with Gasteiger partial charge in [0.15, 0.2) is 0 Å². The first-order valence-electron chi connectivity index (χ1n) is 6.90. The molecule has 0 spiro atoms. The van der Waals surface area contributed by atoms with Crippen LogP contribution in [-0.2, 0) is 4.79 Å². The van der Waals surface area contributed by atoms with Gasteiger partial charge in [-0.2, -0.15) is 13.2 Å². The van der Waals surface area contributed by atoms with Gasteiger partial charge in [0, 0.05) is 6.54 Å². The Hall–Kier alpha value is -0.780. The van der Waals surface area contributed by atoms with Crippen LogP contribution in [-0.4, -0.2) is 41.3 Å². The van der Waals surface area contributed by atoms with Crippen molar-refractivity contribution in [2.75, 3.05) is 13.1 Å². The lowest BCUT2D eigenvalue weighted by molar-refractivity contribution is -0.196. The average Bonchev–Trinajstić information content (AvgIpc) is 2.34. The molecule has 0 bridgehead atoms. The Kier molecular flexibility index (Phi) is 4.38. The molecule has 6 heteroatoms. The van der Waals surface area contributed by atoms with Crippen molar-refractivity contribution in [2.45, 2.75) is 50.7 Å². The highest BCUT2D eigenvalue weighted by Crippen LogP contribution is 2.39. The van der Waals surface area contributed by atoms with Crippen LogP contribution in [0, 0.1) is 11.8 Å². The van der Waals surface area contributed by atoms with Gasteiger partial charge in [-0.15, -0.1) is 0 Å². The maximum absolute atomic E-state index is 13.0. The summed E-state index contributed by atoms with van der Waals surface area (Å²) < 4.78 is 39.0. The zero-order valence-electron chi connectivity index (χ0n) is 10.8. The highest BCUT2D eigenvalue weighted by atomic mass is 19.4. The topological polar surface area (TPSA) is 40.5 Å². The molecule has 0 radical (unpaired) electrons. The minimum Gasteiger partial charge on any atom is -0.481 e. The molecule has 1 heterocycles. The fourth-order valence-corrected chi connectivity index (χ4v) is 3.53. The number of piperidine rings is 1. The molecule has 0 amide bonds. The second kappa shape index (κ2) is 5.69. The van der Waals surface area contributed by atoms with E-state index >= 15 is 0 Å². The second-order valence-electron chi connectivity index (χ2n) is 5.74. The first-order chi connectivity index (χ1) is 8.88. The first kappa shape index (κ1) is 14.6. The lowest BCUT2D eigenvalue weighted by atomic mass is 9.75. The van der Waals surface area contributed by atoms with Crippen LogP contribution in [0.2, 0.25) is 0 Å². The standard InChI is InChI=1S/C13H20F3NO2/c14-13(15,16)11(7-12(18)19)17-6-5-9-3-1-2-4-10(9)8-17/h9-11H,1-8H2,(H,18,19). The number of halogens is 3. The lowest BCUT2D eigenvalue weighted by Gasteiger charge is -2.44. The van der Waals surface area contributed by atoms with Gasteiger partial charge in [0.2, 0.25) is 0 Å². The summed E-state index contributed by atoms with van der Waals surface area (Å²) in [5.74, 6) is -0.516. The number of fused-ring (bicyclic) bond motifs is 1. The number of hydrogen-bond acceptors (Lipinski definition) is 2. The molecule has 2 rings (SSSR count). The normalized spacial score (nSPS) is 30.7. The van der Waals surface area contributed by atoms with Crippen molar-refractivity contribution in [2.24, 2.45) is 11.8 Å². The predicted octanol–water partition coefficient (Wildman–Crippen LogP) is 2.90. The molecule has 1 aliphatic carbocycles. The highest BCUT2D eigenvalue weighted by Gasteiger charge is 2.47. The Morgan fingerprint density at radius 1 is 1.21 bits per heavy atom. The van der Waals surface area contributed by atoms with E-state index in [0.29, 0.717) is 24.9 Å². The summed E-state index contributed by atoms with van der Waals surface area (Å²) in [4.78, 5) is 12.0. The average molecular weight is 279 g/mol. The van der Waals surface area contributed by atoms with Crippen molar-refractivity contribution < 1.29 is 23.1 Å². The summed E-state index contributed by atoms with van der Waals surface area (Å²) in [6, 6.07) is -1.83. The van der Waals surface area contributed by atoms with E-state index in [1.54, 1.807) is 0 Å². The Morgan fingerprint density at radius 2 is 1.84 bits per heavy atom. The minimum atomic E-state index is -4.46. The summed E-state index contributed by atoms with van der Waals surface area (Å²) in [7, 11) is 0. The Balaban J connectivity index is 2.03. The largest absolute Gasteiger partial charge is 0.481 e. The van der Waals surface area contributed by atoms with Crippen LogP contribution >= 0.6 is 0 Å². The summed E-state index contributed by atoms with van der Waals surface area (Å²) >= 11 is 0. The van der Waals surface area contributed by atoms with E-state index in [2.05, 4.69) is 0 Å². The maximum Gasteiger partial charge on any atom is 0.404 e. The summed E-state index contributed by atoms with van der Waals surface area (Å²) in [5.41, 5.74) is 0. The summed E-state index contributed by atoms with van der Waals surface area (Å²) in [6.45, 7) is 0.779. The van der Waals surface area contributed by atoms with Gasteiger partial charge in [-0.3, -0.25) is 9.69 Å². The van der Waals surface area contributed by atoms with E-state index in [1.807, 2.05) is 0 Å². The number of carbonyl (C=O) groups is 1. The molecular formula is C13H20F3NO2. The van der Waals surface area contributed by atoms with Crippen LogP contribution in [0.15, 0.2) is 0 Å². The molecule has 19 heavy (non-hydrogen) atoms. The zero-order valence-corrected chi connectivity index (χ0v) is 10.8. The predicted molar refractivity (Wildman–Crippen MR) is 63.7 cm³/mol. The third kappa shape index (κ3) is 3.61. The van der Waals surface area contributed by atoms with Gasteiger partial charge in [-0.25, -0.2) is 0 Å². The molecule has 1 saturated heterocycles. The molecule has 110 valence electrons. The van der Waals surface area contributed by atoms with Gasteiger partial charge in [0.1, 0.15) is 6.04 Å². The molecule has 3 unspecified atom stereocenters. The van der Waals surface area contributed by atoms with Crippen LogP contribution in [0.25, 0.3) is 0 Å². The fraction of sp³-hybridized carbons (Fsp3) is 0.923. The van der Waals surface area contributed by atoms with E-state index in [0.717, 1.165) is 25.7 Å². The molecular weight excluding hydrogens is 259 g/mol. The SMILES string of the molecule is O=C(O)CC(N1CCC2CCCCC2C1)C(F)(F)F. The van der Waals surface area contributed by atoms with Crippen molar-refractivity contribution in [3.05, 3.63) is 0 Å². The van der Waals surface area contributed by atoms with Crippen molar-refractivity contribution in [1.82, 2.24) is 4.90 Å². The van der Waals surface area contributed by atoms with Crippen molar-refractivity contribution in [3.8, 4) is 0 Å². The van der Waals surface area contributed by atoms with Gasteiger partial charge in [-0.1, -0.05) is 19.3 Å². The van der Waals surface area contributed by atoms with Gasteiger partial charge < -0.3 is 5.11 Å². The fourth-order valence-electron chi connectivity index (χ4n) is 3.53. The van der Waals surface area contributed by atoms with Crippen LogP contribution in [0.5, 0.6) is 0 Å². The zero-order chi connectivity index (χ0) is 14.0. The Labute approximate surface area is 110 Å². The summed E-state index contributed by atoms with van der Waals surface area (Å²) in [5, 5.41) is 8.68. The van der Waals surface area contributed by atoms with Crippen molar-refractivity contribution in [3.63, 3.8) is 0 Å². The molecule has 0 aromatic rings. The smallest absolute Gasteiger partial charge is 0.404 e. The number of nitrogens with zero attached hydrogens (tertiary/aromatic N) is 1. The van der Waals surface area contributed by atoms with Gasteiger partial charge in [0.05, 0.1) is 6.42 Å². The van der Waals surface area contributed by atoms with Gasteiger partial charge in [-0.05, 0) is 31.2 Å².